The topological polar surface area (TPSA) is 40.6 Å². The van der Waals surface area contributed by atoms with Gasteiger partial charge in [0.2, 0.25) is 5.91 Å². The van der Waals surface area contributed by atoms with Gasteiger partial charge in [0.15, 0.2) is 0 Å². The highest BCUT2D eigenvalue weighted by atomic mass is 35.5. The fourth-order valence-corrected chi connectivity index (χ4v) is 3.55. The quantitative estimate of drug-likeness (QED) is 0.771. The van der Waals surface area contributed by atoms with E-state index < -0.39 is 23.7 Å². The number of nitrogens with zero attached hydrogens (tertiary/aromatic N) is 2. The Morgan fingerprint density at radius 3 is 2.71 bits per heavy atom. The second-order valence-corrected chi connectivity index (χ2v) is 6.56. The van der Waals surface area contributed by atoms with E-state index in [1.165, 1.54) is 4.90 Å². The van der Waals surface area contributed by atoms with Gasteiger partial charge in [0, 0.05) is 19.1 Å². The zero-order chi connectivity index (χ0) is 17.6. The van der Waals surface area contributed by atoms with Gasteiger partial charge in [0.05, 0.1) is 16.1 Å². The Balaban J connectivity index is 1.92. The number of carbonyl (C=O) groups excluding carboxylic acids is 2. The van der Waals surface area contributed by atoms with Crippen LogP contribution < -0.4 is 0 Å². The summed E-state index contributed by atoms with van der Waals surface area (Å²) in [7, 11) is 0. The van der Waals surface area contributed by atoms with E-state index in [2.05, 4.69) is 0 Å². The van der Waals surface area contributed by atoms with E-state index in [0.717, 1.165) is 31.0 Å². The molecule has 0 bridgehead atoms. The van der Waals surface area contributed by atoms with Crippen molar-refractivity contribution >= 4 is 23.4 Å². The summed E-state index contributed by atoms with van der Waals surface area (Å²) in [5.74, 6) is -0.807. The van der Waals surface area contributed by atoms with Crippen molar-refractivity contribution in [3.05, 3.63) is 34.3 Å². The van der Waals surface area contributed by atoms with Gasteiger partial charge in [-0.25, -0.2) is 0 Å². The number of hydrogen-bond donors (Lipinski definition) is 0. The maximum absolute atomic E-state index is 12.9. The molecule has 2 heterocycles. The molecule has 0 radical (unpaired) electrons. The van der Waals surface area contributed by atoms with E-state index in [-0.39, 0.29) is 22.5 Å². The van der Waals surface area contributed by atoms with E-state index in [9.17, 15) is 22.8 Å². The number of benzene rings is 1. The zero-order valence-electron chi connectivity index (χ0n) is 12.9. The molecule has 8 heteroatoms. The summed E-state index contributed by atoms with van der Waals surface area (Å²) in [6.07, 6.45) is -2.90. The minimum absolute atomic E-state index is 0.0542. The van der Waals surface area contributed by atoms with Gasteiger partial charge in [-0.1, -0.05) is 11.6 Å². The number of amides is 2. The second kappa shape index (κ2) is 5.95. The van der Waals surface area contributed by atoms with Gasteiger partial charge in [-0.2, -0.15) is 13.2 Å². The van der Waals surface area contributed by atoms with Gasteiger partial charge in [0.25, 0.3) is 5.91 Å². The number of carbonyl (C=O) groups is 2. The number of halogens is 4. The average Bonchev–Trinajstić information content (AvgIpc) is 2.98. The highest BCUT2D eigenvalue weighted by Crippen LogP contribution is 2.33. The van der Waals surface area contributed by atoms with Gasteiger partial charge in [-0.15, -0.1) is 0 Å². The van der Waals surface area contributed by atoms with Crippen molar-refractivity contribution in [2.75, 3.05) is 13.1 Å². The Morgan fingerprint density at radius 2 is 2.04 bits per heavy atom. The molecule has 0 aliphatic carbocycles. The van der Waals surface area contributed by atoms with Crippen molar-refractivity contribution in [2.45, 2.75) is 38.0 Å². The summed E-state index contributed by atoms with van der Waals surface area (Å²) >= 11 is 5.95. The largest absolute Gasteiger partial charge is 0.416 e. The van der Waals surface area contributed by atoms with Crippen LogP contribution in [0, 0.1) is 0 Å². The Morgan fingerprint density at radius 1 is 1.33 bits per heavy atom. The van der Waals surface area contributed by atoms with Crippen LogP contribution in [0.4, 0.5) is 13.2 Å². The molecule has 0 saturated carbocycles. The van der Waals surface area contributed by atoms with E-state index in [1.807, 2.05) is 0 Å². The monoisotopic (exact) mass is 360 g/mol. The standard InChI is InChI=1S/C16H16ClF3N2O2/c1-9-14(23)21-6-2-3-11(21)8-22(9)15(24)12-7-10(16(18,19)20)4-5-13(12)17/h4-5,7,9,11H,2-3,6,8H2,1H3/t9-,11+/m1/s1. The summed E-state index contributed by atoms with van der Waals surface area (Å²) < 4.78 is 38.7. The molecule has 2 aliphatic rings. The van der Waals surface area contributed by atoms with Crippen LogP contribution in [0.15, 0.2) is 18.2 Å². The van der Waals surface area contributed by atoms with E-state index in [1.54, 1.807) is 11.8 Å². The molecular weight excluding hydrogens is 345 g/mol. The van der Waals surface area contributed by atoms with Crippen molar-refractivity contribution < 1.29 is 22.8 Å². The van der Waals surface area contributed by atoms with Crippen LogP contribution in [0.25, 0.3) is 0 Å². The zero-order valence-corrected chi connectivity index (χ0v) is 13.7. The minimum Gasteiger partial charge on any atom is -0.336 e. The van der Waals surface area contributed by atoms with E-state index >= 15 is 0 Å². The van der Waals surface area contributed by atoms with Crippen molar-refractivity contribution in [3.63, 3.8) is 0 Å². The number of rotatable bonds is 1. The number of alkyl halides is 3. The first-order valence-corrected chi connectivity index (χ1v) is 8.06. The van der Waals surface area contributed by atoms with Gasteiger partial charge >= 0.3 is 6.18 Å². The summed E-state index contributed by atoms with van der Waals surface area (Å²) in [5, 5.41) is -0.0542. The lowest BCUT2D eigenvalue weighted by Gasteiger charge is -2.41. The van der Waals surface area contributed by atoms with Crippen molar-refractivity contribution in [1.29, 1.82) is 0 Å². The van der Waals surface area contributed by atoms with Crippen molar-refractivity contribution in [3.8, 4) is 0 Å². The Bertz CT molecular complexity index is 692. The minimum atomic E-state index is -4.56. The third-order valence-corrected chi connectivity index (χ3v) is 5.01. The SMILES string of the molecule is C[C@@H]1C(=O)N2CCC[C@H]2CN1C(=O)c1cc(C(F)(F)F)ccc1Cl. The molecular formula is C16H16ClF3N2O2. The molecule has 0 unspecified atom stereocenters. The third-order valence-electron chi connectivity index (χ3n) is 4.68. The summed E-state index contributed by atoms with van der Waals surface area (Å²) in [6, 6.07) is 1.88. The first kappa shape index (κ1) is 17.1. The first-order chi connectivity index (χ1) is 11.2. The smallest absolute Gasteiger partial charge is 0.336 e. The van der Waals surface area contributed by atoms with Crippen molar-refractivity contribution in [2.24, 2.45) is 0 Å². The molecule has 2 saturated heterocycles. The highest BCUT2D eigenvalue weighted by molar-refractivity contribution is 6.33. The summed E-state index contributed by atoms with van der Waals surface area (Å²) in [6.45, 7) is 2.58. The molecule has 2 atom stereocenters. The molecule has 4 nitrogen and oxygen atoms in total. The van der Waals surface area contributed by atoms with Crippen LogP contribution in [0.5, 0.6) is 0 Å². The lowest BCUT2D eigenvalue weighted by molar-refractivity contribution is -0.141. The van der Waals surface area contributed by atoms with Crippen LogP contribution >= 0.6 is 11.6 Å². The molecule has 0 aromatic heterocycles. The lowest BCUT2D eigenvalue weighted by Crippen LogP contribution is -2.60. The Hall–Kier alpha value is -1.76. The van der Waals surface area contributed by atoms with Gasteiger partial charge < -0.3 is 9.80 Å². The number of fused-ring (bicyclic) bond motifs is 1. The fraction of sp³-hybridized carbons (Fsp3) is 0.500. The third kappa shape index (κ3) is 2.85. The fourth-order valence-electron chi connectivity index (χ4n) is 3.35. The molecule has 2 aliphatic heterocycles. The predicted octanol–water partition coefficient (Wildman–Crippen LogP) is 3.19. The second-order valence-electron chi connectivity index (χ2n) is 6.15. The normalized spacial score (nSPS) is 24.3. The first-order valence-electron chi connectivity index (χ1n) is 7.68. The maximum Gasteiger partial charge on any atom is 0.416 e. The molecule has 1 aromatic carbocycles. The van der Waals surface area contributed by atoms with E-state index in [0.29, 0.717) is 13.1 Å². The van der Waals surface area contributed by atoms with Crippen LogP contribution in [0.3, 0.4) is 0 Å². The molecule has 0 spiro atoms. The molecule has 24 heavy (non-hydrogen) atoms. The van der Waals surface area contributed by atoms with Gasteiger partial charge in [-0.3, -0.25) is 9.59 Å². The molecule has 2 fully saturated rings. The summed E-state index contributed by atoms with van der Waals surface area (Å²) in [5.41, 5.74) is -1.16. The van der Waals surface area contributed by atoms with Crippen LogP contribution in [0.2, 0.25) is 5.02 Å². The maximum atomic E-state index is 12.9. The van der Waals surface area contributed by atoms with Crippen LogP contribution in [0.1, 0.15) is 35.7 Å². The summed E-state index contributed by atoms with van der Waals surface area (Å²) in [4.78, 5) is 28.2. The lowest BCUT2D eigenvalue weighted by atomic mass is 10.0. The van der Waals surface area contributed by atoms with E-state index in [4.69, 9.17) is 11.6 Å². The van der Waals surface area contributed by atoms with Crippen LogP contribution in [-0.4, -0.2) is 46.8 Å². The molecule has 130 valence electrons. The average molecular weight is 361 g/mol. The molecule has 1 aromatic rings. The van der Waals surface area contributed by atoms with Gasteiger partial charge in [-0.05, 0) is 38.0 Å². The molecule has 3 rings (SSSR count). The number of piperazine rings is 1. The van der Waals surface area contributed by atoms with Gasteiger partial charge in [0.1, 0.15) is 6.04 Å². The molecule has 0 N–H and O–H groups in total. The molecule has 2 amide bonds. The Kier molecular flexibility index (Phi) is 4.23. The van der Waals surface area contributed by atoms with Crippen molar-refractivity contribution in [1.82, 2.24) is 9.80 Å². The van der Waals surface area contributed by atoms with Crippen LogP contribution in [-0.2, 0) is 11.0 Å². The predicted molar refractivity (Wildman–Crippen MR) is 81.7 cm³/mol. The number of hydrogen-bond acceptors (Lipinski definition) is 2. The highest BCUT2D eigenvalue weighted by Gasteiger charge is 2.43. The Labute approximate surface area is 142 Å².